The molecular weight excluding hydrogens is 232 g/mol. The van der Waals surface area contributed by atoms with Crippen molar-refractivity contribution in [2.75, 3.05) is 21.3 Å². The van der Waals surface area contributed by atoms with Crippen LogP contribution in [0.5, 0.6) is 17.2 Å². The monoisotopic (exact) mass is 248 g/mol. The standard InChI is InChI=1S/C14H16O4/c1-5-11(15)8-6-10-7-9-12(16-2)14(18-4)13(10)17-3/h5-9H,1H2,2-4H3. The number of allylic oxidation sites excluding steroid dienone is 2. The summed E-state index contributed by atoms with van der Waals surface area (Å²) in [6.07, 6.45) is 4.30. The van der Waals surface area contributed by atoms with Gasteiger partial charge >= 0.3 is 0 Å². The summed E-state index contributed by atoms with van der Waals surface area (Å²) in [6.45, 7) is 3.40. The van der Waals surface area contributed by atoms with Crippen molar-refractivity contribution >= 4 is 11.9 Å². The van der Waals surface area contributed by atoms with Crippen LogP contribution >= 0.6 is 0 Å². The van der Waals surface area contributed by atoms with E-state index in [0.717, 1.165) is 5.56 Å². The molecule has 1 aromatic carbocycles. The van der Waals surface area contributed by atoms with Crippen LogP contribution in [0.1, 0.15) is 5.56 Å². The lowest BCUT2D eigenvalue weighted by molar-refractivity contribution is -0.110. The second kappa shape index (κ2) is 6.49. The number of hydrogen-bond donors (Lipinski definition) is 0. The summed E-state index contributed by atoms with van der Waals surface area (Å²) in [6, 6.07) is 3.53. The second-order valence-corrected chi connectivity index (χ2v) is 3.36. The summed E-state index contributed by atoms with van der Waals surface area (Å²) in [5, 5.41) is 0. The molecule has 0 amide bonds. The Morgan fingerprint density at radius 3 is 2.28 bits per heavy atom. The molecule has 0 aliphatic carbocycles. The maximum absolute atomic E-state index is 11.2. The molecule has 18 heavy (non-hydrogen) atoms. The molecule has 96 valence electrons. The average Bonchev–Trinajstić information content (AvgIpc) is 2.43. The van der Waals surface area contributed by atoms with Crippen molar-refractivity contribution in [2.45, 2.75) is 0 Å². The summed E-state index contributed by atoms with van der Waals surface area (Å²) < 4.78 is 15.7. The van der Waals surface area contributed by atoms with Crippen LogP contribution in [0, 0.1) is 0 Å². The second-order valence-electron chi connectivity index (χ2n) is 3.36. The van der Waals surface area contributed by atoms with Gasteiger partial charge in [0.15, 0.2) is 17.3 Å². The van der Waals surface area contributed by atoms with E-state index in [-0.39, 0.29) is 5.78 Å². The molecule has 0 fully saturated rings. The Morgan fingerprint density at radius 1 is 1.11 bits per heavy atom. The number of ketones is 1. The Bertz CT molecular complexity index is 475. The molecule has 0 unspecified atom stereocenters. The van der Waals surface area contributed by atoms with Crippen molar-refractivity contribution < 1.29 is 19.0 Å². The van der Waals surface area contributed by atoms with Crippen molar-refractivity contribution in [3.8, 4) is 17.2 Å². The number of carbonyl (C=O) groups excluding carboxylic acids is 1. The van der Waals surface area contributed by atoms with Crippen LogP contribution in [0.15, 0.2) is 30.9 Å². The molecule has 0 aliphatic rings. The van der Waals surface area contributed by atoms with Gasteiger partial charge in [0.25, 0.3) is 0 Å². The Kier molecular flexibility index (Phi) is 4.99. The van der Waals surface area contributed by atoms with Gasteiger partial charge < -0.3 is 14.2 Å². The Labute approximate surface area is 106 Å². The molecule has 0 aliphatic heterocycles. The first-order valence-corrected chi connectivity index (χ1v) is 5.31. The molecule has 0 radical (unpaired) electrons. The van der Waals surface area contributed by atoms with Gasteiger partial charge in [0, 0.05) is 5.56 Å². The lowest BCUT2D eigenvalue weighted by Gasteiger charge is -2.13. The average molecular weight is 248 g/mol. The first-order valence-electron chi connectivity index (χ1n) is 5.31. The van der Waals surface area contributed by atoms with Crippen molar-refractivity contribution in [3.05, 3.63) is 36.4 Å². The molecule has 0 N–H and O–H groups in total. The van der Waals surface area contributed by atoms with E-state index >= 15 is 0 Å². The third kappa shape index (κ3) is 2.91. The summed E-state index contributed by atoms with van der Waals surface area (Å²) in [5.74, 6) is 1.41. The zero-order valence-corrected chi connectivity index (χ0v) is 10.7. The van der Waals surface area contributed by atoms with Crippen LogP contribution in [0.25, 0.3) is 6.08 Å². The number of carbonyl (C=O) groups is 1. The Hall–Kier alpha value is -2.23. The first kappa shape index (κ1) is 13.8. The predicted molar refractivity (Wildman–Crippen MR) is 70.3 cm³/mol. The highest BCUT2D eigenvalue weighted by molar-refractivity contribution is 6.01. The van der Waals surface area contributed by atoms with E-state index in [1.807, 2.05) is 0 Å². The number of hydrogen-bond acceptors (Lipinski definition) is 4. The molecule has 4 heteroatoms. The maximum atomic E-state index is 11.2. The fourth-order valence-corrected chi connectivity index (χ4v) is 1.50. The Morgan fingerprint density at radius 2 is 1.78 bits per heavy atom. The van der Waals surface area contributed by atoms with Crippen LogP contribution in [0.2, 0.25) is 0 Å². The zero-order chi connectivity index (χ0) is 13.5. The highest BCUT2D eigenvalue weighted by Gasteiger charge is 2.13. The van der Waals surface area contributed by atoms with Gasteiger partial charge in [0.2, 0.25) is 5.75 Å². The Balaban J connectivity index is 3.24. The summed E-state index contributed by atoms with van der Waals surface area (Å²) >= 11 is 0. The maximum Gasteiger partial charge on any atom is 0.203 e. The van der Waals surface area contributed by atoms with Gasteiger partial charge in [-0.1, -0.05) is 6.58 Å². The van der Waals surface area contributed by atoms with Gasteiger partial charge in [0.05, 0.1) is 21.3 Å². The minimum absolute atomic E-state index is 0.174. The fraction of sp³-hybridized carbons (Fsp3) is 0.214. The highest BCUT2D eigenvalue weighted by Crippen LogP contribution is 2.40. The summed E-state index contributed by atoms with van der Waals surface area (Å²) in [4.78, 5) is 11.2. The largest absolute Gasteiger partial charge is 0.493 e. The predicted octanol–water partition coefficient (Wildman–Crippen LogP) is 2.48. The van der Waals surface area contributed by atoms with E-state index in [0.29, 0.717) is 17.2 Å². The van der Waals surface area contributed by atoms with Crippen molar-refractivity contribution in [1.29, 1.82) is 0 Å². The van der Waals surface area contributed by atoms with Crippen LogP contribution in [0.4, 0.5) is 0 Å². The third-order valence-corrected chi connectivity index (χ3v) is 2.36. The minimum atomic E-state index is -0.174. The topological polar surface area (TPSA) is 44.8 Å². The van der Waals surface area contributed by atoms with E-state index in [9.17, 15) is 4.79 Å². The third-order valence-electron chi connectivity index (χ3n) is 2.36. The number of methoxy groups -OCH3 is 3. The highest BCUT2D eigenvalue weighted by atomic mass is 16.5. The van der Waals surface area contributed by atoms with Gasteiger partial charge in [-0.3, -0.25) is 4.79 Å². The van der Waals surface area contributed by atoms with Gasteiger partial charge in [-0.05, 0) is 30.4 Å². The molecule has 0 atom stereocenters. The molecule has 0 saturated carbocycles. The van der Waals surface area contributed by atoms with Crippen molar-refractivity contribution in [1.82, 2.24) is 0 Å². The van der Waals surface area contributed by atoms with Crippen molar-refractivity contribution in [3.63, 3.8) is 0 Å². The minimum Gasteiger partial charge on any atom is -0.493 e. The lowest BCUT2D eigenvalue weighted by atomic mass is 10.1. The van der Waals surface area contributed by atoms with E-state index in [1.165, 1.54) is 26.4 Å². The van der Waals surface area contributed by atoms with Gasteiger partial charge in [0.1, 0.15) is 0 Å². The summed E-state index contributed by atoms with van der Waals surface area (Å²) in [5.41, 5.74) is 0.727. The molecular formula is C14H16O4. The molecule has 0 spiro atoms. The van der Waals surface area contributed by atoms with Crippen LogP contribution in [-0.4, -0.2) is 27.1 Å². The van der Waals surface area contributed by atoms with Crippen LogP contribution in [-0.2, 0) is 4.79 Å². The van der Waals surface area contributed by atoms with E-state index in [1.54, 1.807) is 25.3 Å². The molecule has 0 heterocycles. The fourth-order valence-electron chi connectivity index (χ4n) is 1.50. The first-order chi connectivity index (χ1) is 8.67. The number of benzene rings is 1. The van der Waals surface area contributed by atoms with Crippen molar-refractivity contribution in [2.24, 2.45) is 0 Å². The van der Waals surface area contributed by atoms with Crippen LogP contribution < -0.4 is 14.2 Å². The molecule has 1 rings (SSSR count). The van der Waals surface area contributed by atoms with Gasteiger partial charge in [-0.15, -0.1) is 0 Å². The quantitative estimate of drug-likeness (QED) is 0.725. The van der Waals surface area contributed by atoms with Gasteiger partial charge in [-0.2, -0.15) is 0 Å². The smallest absolute Gasteiger partial charge is 0.203 e. The molecule has 1 aromatic rings. The van der Waals surface area contributed by atoms with E-state index in [2.05, 4.69) is 6.58 Å². The zero-order valence-electron chi connectivity index (χ0n) is 10.7. The molecule has 0 bridgehead atoms. The lowest BCUT2D eigenvalue weighted by Crippen LogP contribution is -1.96. The van der Waals surface area contributed by atoms with Crippen LogP contribution in [0.3, 0.4) is 0 Å². The van der Waals surface area contributed by atoms with E-state index < -0.39 is 0 Å². The summed E-state index contributed by atoms with van der Waals surface area (Å²) in [7, 11) is 4.61. The normalized spacial score (nSPS) is 10.2. The number of ether oxygens (including phenoxy) is 3. The molecule has 4 nitrogen and oxygen atoms in total. The van der Waals surface area contributed by atoms with E-state index in [4.69, 9.17) is 14.2 Å². The molecule has 0 aromatic heterocycles. The number of rotatable bonds is 6. The SMILES string of the molecule is C=CC(=O)C=Cc1ccc(OC)c(OC)c1OC. The van der Waals surface area contributed by atoms with Gasteiger partial charge in [-0.25, -0.2) is 0 Å². The molecule has 0 saturated heterocycles.